The highest BCUT2D eigenvalue weighted by Gasteiger charge is 2.06. The third-order valence-electron chi connectivity index (χ3n) is 1.29. The number of hydrogen-bond acceptors (Lipinski definition) is 6. The molecule has 9 nitrogen and oxygen atoms in total. The van der Waals surface area contributed by atoms with E-state index in [-0.39, 0.29) is 11.6 Å². The summed E-state index contributed by atoms with van der Waals surface area (Å²) in [7, 11) is 0. The lowest BCUT2D eigenvalue weighted by Crippen LogP contribution is -1.98. The quantitative estimate of drug-likeness (QED) is 0.426. The molecular formula is C4H2N7O2-. The molecule has 0 spiro atoms. The summed E-state index contributed by atoms with van der Waals surface area (Å²) in [6.45, 7) is 0. The van der Waals surface area contributed by atoms with Crippen molar-refractivity contribution >= 4 is 5.69 Å². The van der Waals surface area contributed by atoms with Gasteiger partial charge in [0.1, 0.15) is 12.1 Å². The van der Waals surface area contributed by atoms with Gasteiger partial charge in [0.2, 0.25) is 0 Å². The SMILES string of the molecule is O=[N+]([O-])c1cnn(-c2nnn[n-]2)c1. The van der Waals surface area contributed by atoms with Gasteiger partial charge in [-0.15, -0.1) is 5.21 Å². The fourth-order valence-electron chi connectivity index (χ4n) is 0.749. The molecular weight excluding hydrogens is 178 g/mol. The van der Waals surface area contributed by atoms with Crippen molar-refractivity contribution < 1.29 is 4.92 Å². The highest BCUT2D eigenvalue weighted by molar-refractivity contribution is 5.24. The molecule has 0 radical (unpaired) electrons. The van der Waals surface area contributed by atoms with Crippen LogP contribution in [-0.2, 0) is 0 Å². The normalized spacial score (nSPS) is 10.2. The van der Waals surface area contributed by atoms with Crippen molar-refractivity contribution in [1.82, 2.24) is 30.4 Å². The molecule has 0 atom stereocenters. The minimum atomic E-state index is -0.562. The third-order valence-corrected chi connectivity index (χ3v) is 1.29. The van der Waals surface area contributed by atoms with Gasteiger partial charge in [0, 0.05) is 0 Å². The first kappa shape index (κ1) is 7.34. The lowest BCUT2D eigenvalue weighted by molar-refractivity contribution is -0.384. The van der Waals surface area contributed by atoms with E-state index < -0.39 is 4.92 Å². The van der Waals surface area contributed by atoms with Gasteiger partial charge in [-0.3, -0.25) is 19.9 Å². The van der Waals surface area contributed by atoms with E-state index in [2.05, 4.69) is 25.7 Å². The molecule has 0 unspecified atom stereocenters. The lowest BCUT2D eigenvalue weighted by Gasteiger charge is -1.96. The van der Waals surface area contributed by atoms with E-state index in [0.29, 0.717) is 0 Å². The van der Waals surface area contributed by atoms with Gasteiger partial charge in [-0.2, -0.15) is 5.21 Å². The Balaban J connectivity index is 2.39. The molecule has 9 heteroatoms. The zero-order chi connectivity index (χ0) is 9.26. The van der Waals surface area contributed by atoms with E-state index in [1.165, 1.54) is 6.20 Å². The molecule has 0 saturated carbocycles. The molecule has 0 aliphatic carbocycles. The van der Waals surface area contributed by atoms with Crippen LogP contribution in [0.3, 0.4) is 0 Å². The average Bonchev–Trinajstić information content (AvgIpc) is 2.75. The minimum absolute atomic E-state index is 0.105. The number of aromatic nitrogens is 6. The average molecular weight is 180 g/mol. The zero-order valence-electron chi connectivity index (χ0n) is 6.10. The van der Waals surface area contributed by atoms with Crippen molar-refractivity contribution in [2.75, 3.05) is 0 Å². The molecule has 0 fully saturated rings. The van der Waals surface area contributed by atoms with Gasteiger partial charge in [0.25, 0.3) is 5.69 Å². The van der Waals surface area contributed by atoms with Crippen molar-refractivity contribution in [2.45, 2.75) is 0 Å². The van der Waals surface area contributed by atoms with Crippen LogP contribution in [0.2, 0.25) is 0 Å². The fourth-order valence-corrected chi connectivity index (χ4v) is 0.749. The molecule has 0 N–H and O–H groups in total. The van der Waals surface area contributed by atoms with Crippen molar-refractivity contribution in [1.29, 1.82) is 0 Å². The Kier molecular flexibility index (Phi) is 1.48. The van der Waals surface area contributed by atoms with Crippen LogP contribution >= 0.6 is 0 Å². The van der Waals surface area contributed by atoms with Crippen LogP contribution in [0.1, 0.15) is 0 Å². The summed E-state index contributed by atoms with van der Waals surface area (Å²) in [4.78, 5) is 9.70. The van der Waals surface area contributed by atoms with Crippen molar-refractivity contribution in [2.24, 2.45) is 0 Å². The van der Waals surface area contributed by atoms with Gasteiger partial charge >= 0.3 is 0 Å². The van der Waals surface area contributed by atoms with E-state index >= 15 is 0 Å². The van der Waals surface area contributed by atoms with Crippen LogP contribution in [0.5, 0.6) is 0 Å². The number of nitro groups is 1. The predicted octanol–water partition coefficient (Wildman–Crippen LogP) is -1.08. The largest absolute Gasteiger partial charge is 0.295 e. The Morgan fingerprint density at radius 1 is 1.62 bits per heavy atom. The standard InChI is InChI=1S/C4H2N7O2/c12-11(13)3-1-5-10(2-3)4-6-8-9-7-4/h1-2H/q-1. The van der Waals surface area contributed by atoms with Gasteiger partial charge in [-0.1, -0.05) is 0 Å². The summed E-state index contributed by atoms with van der Waals surface area (Å²) in [6, 6.07) is 0. The summed E-state index contributed by atoms with van der Waals surface area (Å²) in [6.07, 6.45) is 2.27. The third kappa shape index (κ3) is 1.21. The Morgan fingerprint density at radius 2 is 2.46 bits per heavy atom. The molecule has 0 aliphatic rings. The summed E-state index contributed by atoms with van der Waals surface area (Å²) in [5.41, 5.74) is -0.134. The van der Waals surface area contributed by atoms with Crippen molar-refractivity contribution in [3.8, 4) is 5.95 Å². The molecule has 2 heterocycles. The second-order valence-electron chi connectivity index (χ2n) is 2.08. The smallest absolute Gasteiger partial charge is 0.271 e. The second-order valence-corrected chi connectivity index (χ2v) is 2.08. The number of rotatable bonds is 2. The Bertz CT molecular complexity index is 417. The molecule has 2 rings (SSSR count). The van der Waals surface area contributed by atoms with Crippen LogP contribution in [0.4, 0.5) is 5.69 Å². The first-order chi connectivity index (χ1) is 6.27. The van der Waals surface area contributed by atoms with Crippen LogP contribution < -0.4 is 5.10 Å². The molecule has 2 aromatic rings. The van der Waals surface area contributed by atoms with Gasteiger partial charge in [-0.25, -0.2) is 10.2 Å². The zero-order valence-corrected chi connectivity index (χ0v) is 6.10. The first-order valence-corrected chi connectivity index (χ1v) is 3.15. The van der Waals surface area contributed by atoms with Crippen LogP contribution in [0, 0.1) is 10.1 Å². The fraction of sp³-hybridized carbons (Fsp3) is 0. The van der Waals surface area contributed by atoms with Gasteiger partial charge in [-0.05, 0) is 0 Å². The number of hydrogen-bond donors (Lipinski definition) is 0. The first-order valence-electron chi connectivity index (χ1n) is 3.15. The maximum atomic E-state index is 10.3. The second kappa shape index (κ2) is 2.62. The van der Waals surface area contributed by atoms with Gasteiger partial charge < -0.3 is 0 Å². The predicted molar refractivity (Wildman–Crippen MR) is 36.9 cm³/mol. The monoisotopic (exact) mass is 180 g/mol. The summed E-state index contributed by atoms with van der Waals surface area (Å²) in [5, 5.41) is 27.3. The summed E-state index contributed by atoms with van der Waals surface area (Å²) >= 11 is 0. The van der Waals surface area contributed by atoms with E-state index in [0.717, 1.165) is 10.9 Å². The highest BCUT2D eigenvalue weighted by Crippen LogP contribution is 2.08. The summed E-state index contributed by atoms with van der Waals surface area (Å²) < 4.78 is 1.12. The van der Waals surface area contributed by atoms with Crippen LogP contribution in [0.25, 0.3) is 5.95 Å². The lowest BCUT2D eigenvalue weighted by atomic mass is 10.6. The highest BCUT2D eigenvalue weighted by atomic mass is 16.6. The molecule has 0 aromatic carbocycles. The molecule has 0 bridgehead atoms. The summed E-state index contributed by atoms with van der Waals surface area (Å²) in [5.74, 6) is 0.105. The molecule has 0 saturated heterocycles. The van der Waals surface area contributed by atoms with Crippen molar-refractivity contribution in [3.63, 3.8) is 0 Å². The Labute approximate surface area is 70.5 Å². The van der Waals surface area contributed by atoms with E-state index in [4.69, 9.17) is 0 Å². The van der Waals surface area contributed by atoms with Crippen molar-refractivity contribution in [3.05, 3.63) is 22.5 Å². The molecule has 0 amide bonds. The topological polar surface area (TPSA) is 114 Å². The van der Waals surface area contributed by atoms with Crippen LogP contribution in [-0.4, -0.2) is 30.2 Å². The number of tetrazole rings is 1. The Hall–Kier alpha value is -2.32. The molecule has 0 aliphatic heterocycles. The van der Waals surface area contributed by atoms with E-state index in [1.54, 1.807) is 0 Å². The van der Waals surface area contributed by atoms with E-state index in [1.807, 2.05) is 0 Å². The molecule has 66 valence electrons. The molecule has 13 heavy (non-hydrogen) atoms. The van der Waals surface area contributed by atoms with Gasteiger partial charge in [0.05, 0.1) is 11.1 Å². The van der Waals surface area contributed by atoms with Crippen LogP contribution in [0.15, 0.2) is 12.4 Å². The number of nitrogens with zero attached hydrogens (tertiary/aromatic N) is 7. The minimum Gasteiger partial charge on any atom is -0.271 e. The molecule has 2 aromatic heterocycles. The maximum Gasteiger partial charge on any atom is 0.295 e. The van der Waals surface area contributed by atoms with E-state index in [9.17, 15) is 10.1 Å². The Morgan fingerprint density at radius 3 is 3.00 bits per heavy atom. The van der Waals surface area contributed by atoms with Gasteiger partial charge in [0.15, 0.2) is 0 Å². The maximum absolute atomic E-state index is 10.3.